The average Bonchev–Trinajstić information content (AvgIpc) is 4.03. The number of benzene rings is 11. The van der Waals surface area contributed by atoms with E-state index in [1.165, 1.54) is 42.6 Å². The lowest BCUT2D eigenvalue weighted by Gasteiger charge is -2.34. The van der Waals surface area contributed by atoms with Crippen LogP contribution in [0.1, 0.15) is 0 Å². The smallest absolute Gasteiger partial charge is 0.238 e. The van der Waals surface area contributed by atoms with Gasteiger partial charge in [-0.2, -0.15) is 9.97 Å². The number of aromatic nitrogens is 5. The number of rotatable bonds is 10. The molecule has 0 bridgehead atoms. The van der Waals surface area contributed by atoms with E-state index in [-0.39, 0.29) is 0 Å². The lowest BCUT2D eigenvalue weighted by Crippen LogP contribution is -2.74. The zero-order chi connectivity index (χ0) is 49.7. The molecule has 75 heavy (non-hydrogen) atoms. The van der Waals surface area contributed by atoms with E-state index >= 15 is 0 Å². The summed E-state index contributed by atoms with van der Waals surface area (Å²) in [6.07, 6.45) is 0. The summed E-state index contributed by atoms with van der Waals surface area (Å²) in [5.74, 6) is 1.74. The zero-order valence-corrected chi connectivity index (χ0v) is 41.9. The highest BCUT2D eigenvalue weighted by molar-refractivity contribution is 7.19. The molecule has 0 aliphatic rings. The maximum Gasteiger partial charge on any atom is 0.238 e. The van der Waals surface area contributed by atoms with Crippen molar-refractivity contribution in [3.05, 3.63) is 285 Å². The van der Waals surface area contributed by atoms with Crippen molar-refractivity contribution >= 4 is 72.4 Å². The van der Waals surface area contributed by atoms with Gasteiger partial charge in [0.05, 0.1) is 27.8 Å². The first kappa shape index (κ1) is 44.0. The first-order valence-electron chi connectivity index (χ1n) is 25.5. The van der Waals surface area contributed by atoms with E-state index in [9.17, 15) is 0 Å². The van der Waals surface area contributed by atoms with E-state index < -0.39 is 8.07 Å². The fraction of sp³-hybridized carbons (Fsp3) is 0. The third kappa shape index (κ3) is 7.25. The Hall–Kier alpha value is -9.75. The van der Waals surface area contributed by atoms with Crippen molar-refractivity contribution in [1.82, 2.24) is 24.1 Å². The number of nitrogens with zero attached hydrogens (tertiary/aromatic N) is 5. The van der Waals surface area contributed by atoms with Gasteiger partial charge in [-0.15, -0.1) is 0 Å². The van der Waals surface area contributed by atoms with E-state index in [1.807, 2.05) is 18.2 Å². The monoisotopic (exact) mass is 973 g/mol. The summed E-state index contributed by atoms with van der Waals surface area (Å²) in [5, 5.41) is 9.84. The third-order valence-electron chi connectivity index (χ3n) is 15.0. The van der Waals surface area contributed by atoms with E-state index in [4.69, 9.17) is 15.0 Å². The Morgan fingerprint density at radius 3 is 1.24 bits per heavy atom. The predicted molar refractivity (Wildman–Crippen MR) is 314 cm³/mol. The van der Waals surface area contributed by atoms with Crippen LogP contribution >= 0.6 is 0 Å². The minimum atomic E-state index is -2.89. The van der Waals surface area contributed by atoms with Crippen LogP contribution in [0.25, 0.3) is 100 Å². The first-order chi connectivity index (χ1) is 37.2. The summed E-state index contributed by atoms with van der Waals surface area (Å²) >= 11 is 0. The van der Waals surface area contributed by atoms with Gasteiger partial charge in [-0.25, -0.2) is 4.98 Å². The standard InChI is InChI=1S/C69H47N5Si/c1-5-25-48(26-6-1)67-70-68(49-27-23-34-53(47-49)75(50-28-7-2-8-29-50,51-30-9-3-10-31-51)52-32-11-4-12-33-52)72-69(71-67)74-65-46-22-18-40-59(65)61-42-24-41-60(66(61)74)55-36-14-13-35-54(55)56-37-15-19-43-62(56)73-63-44-20-16-38-57(63)58-39-17-21-45-64(58)73/h1-47H. The highest BCUT2D eigenvalue weighted by atomic mass is 28.3. The summed E-state index contributed by atoms with van der Waals surface area (Å²) in [6, 6.07) is 103. The van der Waals surface area contributed by atoms with Gasteiger partial charge in [0.15, 0.2) is 19.7 Å². The van der Waals surface area contributed by atoms with E-state index in [2.05, 4.69) is 276 Å². The Morgan fingerprint density at radius 2 is 0.653 bits per heavy atom. The zero-order valence-electron chi connectivity index (χ0n) is 40.9. The van der Waals surface area contributed by atoms with Crippen molar-refractivity contribution in [3.63, 3.8) is 0 Å². The molecule has 0 radical (unpaired) electrons. The molecule has 0 saturated heterocycles. The van der Waals surface area contributed by atoms with Gasteiger partial charge in [-0.3, -0.25) is 4.57 Å². The van der Waals surface area contributed by atoms with Crippen molar-refractivity contribution in [1.29, 1.82) is 0 Å². The number of para-hydroxylation sites is 5. The molecule has 11 aromatic carbocycles. The van der Waals surface area contributed by atoms with Crippen LogP contribution in [-0.4, -0.2) is 32.2 Å². The van der Waals surface area contributed by atoms with Gasteiger partial charge in [-0.05, 0) is 56.1 Å². The molecule has 3 heterocycles. The fourth-order valence-corrected chi connectivity index (χ4v) is 16.5. The van der Waals surface area contributed by atoms with Crippen LogP contribution in [0.15, 0.2) is 285 Å². The Bertz CT molecular complexity index is 4260. The first-order valence-corrected chi connectivity index (χ1v) is 27.5. The molecule has 3 aromatic heterocycles. The van der Waals surface area contributed by atoms with Crippen LogP contribution in [-0.2, 0) is 0 Å². The van der Waals surface area contributed by atoms with Crippen LogP contribution in [0.5, 0.6) is 0 Å². The SMILES string of the molecule is c1ccc(-c2nc(-c3cccc([Si](c4ccccc4)(c4ccccc4)c4ccccc4)c3)nc(-n3c4ccccc4c4cccc(-c5ccccc5-c5ccccc5-n5c6ccccc6c6ccccc65)c43)n2)cc1. The number of hydrogen-bond donors (Lipinski definition) is 0. The fourth-order valence-electron chi connectivity index (χ4n) is 11.7. The Balaban J connectivity index is 1.01. The van der Waals surface area contributed by atoms with Gasteiger partial charge in [0.2, 0.25) is 5.95 Å². The second kappa shape index (κ2) is 18.4. The van der Waals surface area contributed by atoms with Gasteiger partial charge in [-0.1, -0.05) is 261 Å². The van der Waals surface area contributed by atoms with Crippen molar-refractivity contribution in [2.45, 2.75) is 0 Å². The summed E-state index contributed by atoms with van der Waals surface area (Å²) in [6.45, 7) is 0. The topological polar surface area (TPSA) is 48.5 Å². The summed E-state index contributed by atoms with van der Waals surface area (Å²) in [4.78, 5) is 16.4. The molecule has 0 N–H and O–H groups in total. The normalized spacial score (nSPS) is 11.7. The minimum Gasteiger partial charge on any atom is -0.309 e. The van der Waals surface area contributed by atoms with Crippen LogP contribution in [0.4, 0.5) is 0 Å². The minimum absolute atomic E-state index is 0.545. The van der Waals surface area contributed by atoms with Gasteiger partial charge < -0.3 is 4.57 Å². The lowest BCUT2D eigenvalue weighted by atomic mass is 9.92. The number of fused-ring (bicyclic) bond motifs is 6. The third-order valence-corrected chi connectivity index (χ3v) is 19.7. The maximum atomic E-state index is 5.59. The Morgan fingerprint density at radius 1 is 0.267 bits per heavy atom. The van der Waals surface area contributed by atoms with Crippen molar-refractivity contribution < 1.29 is 0 Å². The molecule has 0 unspecified atom stereocenters. The summed E-state index contributed by atoms with van der Waals surface area (Å²) in [5.41, 5.74) is 11.8. The molecule has 352 valence electrons. The average molecular weight is 974 g/mol. The molecule has 0 saturated carbocycles. The second-order valence-electron chi connectivity index (χ2n) is 19.1. The summed E-state index contributed by atoms with van der Waals surface area (Å²) in [7, 11) is -2.89. The molecule has 0 aliphatic heterocycles. The van der Waals surface area contributed by atoms with Gasteiger partial charge in [0.25, 0.3) is 0 Å². The molecule has 0 atom stereocenters. The van der Waals surface area contributed by atoms with E-state index in [0.717, 1.165) is 60.9 Å². The van der Waals surface area contributed by atoms with Crippen LogP contribution in [0.3, 0.4) is 0 Å². The van der Waals surface area contributed by atoms with Crippen LogP contribution < -0.4 is 20.7 Å². The quantitative estimate of drug-likeness (QED) is 0.101. The molecule has 0 aliphatic carbocycles. The van der Waals surface area contributed by atoms with Crippen LogP contribution in [0.2, 0.25) is 0 Å². The Labute approximate surface area is 436 Å². The van der Waals surface area contributed by atoms with Crippen molar-refractivity contribution in [2.75, 3.05) is 0 Å². The molecule has 0 spiro atoms. The molecule has 5 nitrogen and oxygen atoms in total. The molecule has 6 heteroatoms. The highest BCUT2D eigenvalue weighted by Crippen LogP contribution is 2.44. The molecule has 14 aromatic rings. The van der Waals surface area contributed by atoms with Crippen molar-refractivity contribution in [3.8, 4) is 56.7 Å². The van der Waals surface area contributed by atoms with Gasteiger partial charge in [0, 0.05) is 43.8 Å². The van der Waals surface area contributed by atoms with E-state index in [1.54, 1.807) is 0 Å². The van der Waals surface area contributed by atoms with Crippen LogP contribution in [0, 0.1) is 0 Å². The molecule has 0 fully saturated rings. The van der Waals surface area contributed by atoms with Gasteiger partial charge >= 0.3 is 0 Å². The van der Waals surface area contributed by atoms with Gasteiger partial charge in [0.1, 0.15) is 0 Å². The highest BCUT2D eigenvalue weighted by Gasteiger charge is 2.41. The Kier molecular flexibility index (Phi) is 10.8. The molecule has 14 rings (SSSR count). The molecular formula is C69H47N5Si. The second-order valence-corrected chi connectivity index (χ2v) is 22.9. The number of hydrogen-bond acceptors (Lipinski definition) is 3. The maximum absolute atomic E-state index is 5.59. The predicted octanol–water partition coefficient (Wildman–Crippen LogP) is 14.1. The molecule has 0 amide bonds. The van der Waals surface area contributed by atoms with Crippen molar-refractivity contribution in [2.24, 2.45) is 0 Å². The molecular weight excluding hydrogens is 927 g/mol. The summed E-state index contributed by atoms with van der Waals surface area (Å²) < 4.78 is 4.70. The largest absolute Gasteiger partial charge is 0.309 e. The lowest BCUT2D eigenvalue weighted by molar-refractivity contribution is 0.954. The van der Waals surface area contributed by atoms with E-state index in [0.29, 0.717) is 17.6 Å².